The van der Waals surface area contributed by atoms with Crippen molar-refractivity contribution in [2.75, 3.05) is 18.6 Å². The maximum atomic E-state index is 11.6. The van der Waals surface area contributed by atoms with E-state index in [9.17, 15) is 13.2 Å². The van der Waals surface area contributed by atoms with Crippen molar-refractivity contribution in [2.45, 2.75) is 12.8 Å². The molecular formula is C14H16N2O4S. The number of hydrogen-bond donors (Lipinski definition) is 0. The van der Waals surface area contributed by atoms with Gasteiger partial charge in [0.05, 0.1) is 35.9 Å². The summed E-state index contributed by atoms with van der Waals surface area (Å²) in [6.07, 6.45) is 4.68. The molecule has 1 atom stereocenters. The molecule has 0 amide bonds. The van der Waals surface area contributed by atoms with Crippen LogP contribution in [0.4, 0.5) is 0 Å². The highest BCUT2D eigenvalue weighted by Gasteiger charge is 2.28. The van der Waals surface area contributed by atoms with Crippen molar-refractivity contribution in [3.8, 4) is 0 Å². The monoisotopic (exact) mass is 308 g/mol. The minimum absolute atomic E-state index is 0.0994. The Balaban J connectivity index is 1.90. The van der Waals surface area contributed by atoms with Crippen LogP contribution in [-0.4, -0.2) is 42.4 Å². The van der Waals surface area contributed by atoms with Crippen molar-refractivity contribution in [1.29, 1.82) is 0 Å². The normalized spacial score (nSPS) is 20.7. The first kappa shape index (κ1) is 14.1. The van der Waals surface area contributed by atoms with E-state index in [0.29, 0.717) is 18.4 Å². The third-order valence-corrected chi connectivity index (χ3v) is 5.66. The molecule has 0 saturated carbocycles. The van der Waals surface area contributed by atoms with Gasteiger partial charge in [0.2, 0.25) is 0 Å². The molecule has 1 unspecified atom stereocenters. The zero-order chi connectivity index (χ0) is 15.0. The number of carbonyl (C=O) groups excluding carboxylic acids is 1. The summed E-state index contributed by atoms with van der Waals surface area (Å²) in [6.45, 7) is 0. The molecule has 7 heteroatoms. The second-order valence-corrected chi connectivity index (χ2v) is 7.58. The number of ether oxygens (including phenoxy) is 1. The summed E-state index contributed by atoms with van der Waals surface area (Å²) in [7, 11) is -1.55. The van der Waals surface area contributed by atoms with Crippen LogP contribution in [-0.2, 0) is 21.0 Å². The molecule has 0 aromatic carbocycles. The van der Waals surface area contributed by atoms with Gasteiger partial charge in [-0.25, -0.2) is 18.2 Å². The molecule has 3 rings (SSSR count). The SMILES string of the molecule is COC(=O)c1ccc2cnc(CC3CCS(=O)(=O)C3)n2c1. The molecule has 0 aliphatic carbocycles. The number of rotatable bonds is 3. The Kier molecular flexibility index (Phi) is 3.44. The number of sulfone groups is 1. The average molecular weight is 308 g/mol. The van der Waals surface area contributed by atoms with Crippen LogP contribution < -0.4 is 0 Å². The third-order valence-electron chi connectivity index (χ3n) is 3.82. The van der Waals surface area contributed by atoms with Crippen LogP contribution in [0.25, 0.3) is 5.52 Å². The highest BCUT2D eigenvalue weighted by molar-refractivity contribution is 7.91. The number of methoxy groups -OCH3 is 1. The summed E-state index contributed by atoms with van der Waals surface area (Å²) in [6, 6.07) is 3.49. The summed E-state index contributed by atoms with van der Waals surface area (Å²) in [5.41, 5.74) is 1.32. The van der Waals surface area contributed by atoms with Crippen molar-refractivity contribution in [1.82, 2.24) is 9.38 Å². The van der Waals surface area contributed by atoms with Gasteiger partial charge < -0.3 is 9.14 Å². The van der Waals surface area contributed by atoms with Gasteiger partial charge in [0.1, 0.15) is 5.82 Å². The Labute approximate surface area is 122 Å². The first-order valence-corrected chi connectivity index (χ1v) is 8.55. The first-order valence-electron chi connectivity index (χ1n) is 6.73. The van der Waals surface area contributed by atoms with Gasteiger partial charge >= 0.3 is 5.97 Å². The molecule has 1 aliphatic rings. The Morgan fingerprint density at radius 1 is 1.48 bits per heavy atom. The van der Waals surface area contributed by atoms with Crippen LogP contribution in [0.15, 0.2) is 24.5 Å². The summed E-state index contributed by atoms with van der Waals surface area (Å²) >= 11 is 0. The van der Waals surface area contributed by atoms with Crippen LogP contribution in [0.3, 0.4) is 0 Å². The average Bonchev–Trinajstić information content (AvgIpc) is 3.01. The van der Waals surface area contributed by atoms with E-state index in [-0.39, 0.29) is 17.4 Å². The number of carbonyl (C=O) groups is 1. The predicted octanol–water partition coefficient (Wildman–Crippen LogP) is 1.10. The third kappa shape index (κ3) is 2.78. The van der Waals surface area contributed by atoms with Gasteiger partial charge in [-0.3, -0.25) is 0 Å². The Bertz CT molecular complexity index is 794. The van der Waals surface area contributed by atoms with Crippen LogP contribution in [0.2, 0.25) is 0 Å². The van der Waals surface area contributed by atoms with E-state index in [1.165, 1.54) is 7.11 Å². The van der Waals surface area contributed by atoms with Crippen LogP contribution in [0.1, 0.15) is 22.6 Å². The number of hydrogen-bond acceptors (Lipinski definition) is 5. The fourth-order valence-corrected chi connectivity index (χ4v) is 4.59. The lowest BCUT2D eigenvalue weighted by molar-refractivity contribution is 0.0600. The van der Waals surface area contributed by atoms with Crippen molar-refractivity contribution < 1.29 is 17.9 Å². The van der Waals surface area contributed by atoms with Crippen LogP contribution >= 0.6 is 0 Å². The van der Waals surface area contributed by atoms with E-state index in [1.807, 2.05) is 4.40 Å². The smallest absolute Gasteiger partial charge is 0.339 e. The number of pyridine rings is 1. The summed E-state index contributed by atoms with van der Waals surface area (Å²) in [4.78, 5) is 15.9. The van der Waals surface area contributed by atoms with Gasteiger partial charge in [0.25, 0.3) is 0 Å². The van der Waals surface area contributed by atoms with Gasteiger partial charge in [0.15, 0.2) is 9.84 Å². The minimum atomic E-state index is -2.89. The van der Waals surface area contributed by atoms with Crippen molar-refractivity contribution in [2.24, 2.45) is 5.92 Å². The lowest BCUT2D eigenvalue weighted by atomic mass is 10.1. The number of esters is 1. The molecule has 21 heavy (non-hydrogen) atoms. The van der Waals surface area contributed by atoms with Crippen molar-refractivity contribution >= 4 is 21.3 Å². The predicted molar refractivity (Wildman–Crippen MR) is 77.0 cm³/mol. The second kappa shape index (κ2) is 5.14. The van der Waals surface area contributed by atoms with Gasteiger partial charge in [-0.2, -0.15) is 0 Å². The van der Waals surface area contributed by atoms with Crippen LogP contribution in [0, 0.1) is 5.92 Å². The maximum absolute atomic E-state index is 11.6. The molecule has 112 valence electrons. The van der Waals surface area contributed by atoms with Gasteiger partial charge in [-0.1, -0.05) is 0 Å². The summed E-state index contributed by atoms with van der Waals surface area (Å²) in [5.74, 6) is 0.952. The number of aromatic nitrogens is 2. The standard InChI is InChI=1S/C14H16N2O4S/c1-20-14(17)11-2-3-12-7-15-13(16(12)8-11)6-10-4-5-21(18,19)9-10/h2-3,7-8,10H,4-6,9H2,1H3. The summed E-state index contributed by atoms with van der Waals surface area (Å²) < 4.78 is 29.6. The topological polar surface area (TPSA) is 77.7 Å². The Morgan fingerprint density at radius 2 is 2.29 bits per heavy atom. The van der Waals surface area contributed by atoms with E-state index in [2.05, 4.69) is 4.98 Å². The zero-order valence-electron chi connectivity index (χ0n) is 11.7. The highest BCUT2D eigenvalue weighted by Crippen LogP contribution is 2.23. The number of fused-ring (bicyclic) bond motifs is 1. The van der Waals surface area contributed by atoms with E-state index < -0.39 is 15.8 Å². The largest absolute Gasteiger partial charge is 0.465 e. The molecular weight excluding hydrogens is 292 g/mol. The summed E-state index contributed by atoms with van der Waals surface area (Å²) in [5, 5.41) is 0. The minimum Gasteiger partial charge on any atom is -0.465 e. The van der Waals surface area contributed by atoms with Crippen LogP contribution in [0.5, 0.6) is 0 Å². The second-order valence-electron chi connectivity index (χ2n) is 5.35. The lowest BCUT2D eigenvalue weighted by Crippen LogP contribution is -2.10. The molecule has 1 aliphatic heterocycles. The molecule has 0 radical (unpaired) electrons. The molecule has 0 N–H and O–H groups in total. The van der Waals surface area contributed by atoms with Gasteiger partial charge in [0, 0.05) is 12.6 Å². The van der Waals surface area contributed by atoms with Gasteiger partial charge in [-0.05, 0) is 24.5 Å². The van der Waals surface area contributed by atoms with Crippen molar-refractivity contribution in [3.05, 3.63) is 35.9 Å². The fraction of sp³-hybridized carbons (Fsp3) is 0.429. The first-order chi connectivity index (χ1) is 9.98. The van der Waals surface area contributed by atoms with E-state index in [0.717, 1.165) is 11.3 Å². The molecule has 0 bridgehead atoms. The number of nitrogens with zero attached hydrogens (tertiary/aromatic N) is 2. The molecule has 2 aromatic heterocycles. The van der Waals surface area contributed by atoms with E-state index >= 15 is 0 Å². The highest BCUT2D eigenvalue weighted by atomic mass is 32.2. The molecule has 1 saturated heterocycles. The lowest BCUT2D eigenvalue weighted by Gasteiger charge is -2.07. The van der Waals surface area contributed by atoms with E-state index in [1.54, 1.807) is 24.5 Å². The maximum Gasteiger partial charge on any atom is 0.339 e. The molecule has 0 spiro atoms. The molecule has 1 fully saturated rings. The molecule has 6 nitrogen and oxygen atoms in total. The fourth-order valence-electron chi connectivity index (χ4n) is 2.72. The number of imidazole rings is 1. The molecule has 3 heterocycles. The Hall–Kier alpha value is -1.89. The quantitative estimate of drug-likeness (QED) is 0.793. The van der Waals surface area contributed by atoms with E-state index in [4.69, 9.17) is 4.74 Å². The molecule has 2 aromatic rings. The Morgan fingerprint density at radius 3 is 2.95 bits per heavy atom. The zero-order valence-corrected chi connectivity index (χ0v) is 12.5. The van der Waals surface area contributed by atoms with Crippen molar-refractivity contribution in [3.63, 3.8) is 0 Å². The van der Waals surface area contributed by atoms with Gasteiger partial charge in [-0.15, -0.1) is 0 Å².